The molecule has 2 aromatic rings. The lowest BCUT2D eigenvalue weighted by Gasteiger charge is -2.31. The first-order chi connectivity index (χ1) is 12.0. The number of benzene rings is 1. The van der Waals surface area contributed by atoms with Crippen LogP contribution in [0.2, 0.25) is 0 Å². The molecule has 0 saturated carbocycles. The molecular weight excluding hydrogens is 316 g/mol. The minimum atomic E-state index is -0.533. The van der Waals surface area contributed by atoms with Gasteiger partial charge >= 0.3 is 0 Å². The summed E-state index contributed by atoms with van der Waals surface area (Å²) in [6.45, 7) is 4.54. The van der Waals surface area contributed by atoms with Crippen molar-refractivity contribution in [2.75, 3.05) is 38.7 Å². The summed E-state index contributed by atoms with van der Waals surface area (Å²) in [7, 11) is 3.98. The molecule has 134 valence electrons. The molecule has 1 N–H and O–H groups in total. The molecular formula is C19H26N4O2. The highest BCUT2D eigenvalue weighted by atomic mass is 16.5. The number of fused-ring (bicyclic) bond motifs is 1. The van der Waals surface area contributed by atoms with Gasteiger partial charge in [0.1, 0.15) is 30.6 Å². The van der Waals surface area contributed by atoms with Gasteiger partial charge in [-0.15, -0.1) is 0 Å². The van der Waals surface area contributed by atoms with E-state index in [4.69, 9.17) is 4.74 Å². The Hall–Kier alpha value is -2.18. The predicted octanol–water partition coefficient (Wildman–Crippen LogP) is 1.65. The number of β-amino-alcohol motifs (C(OH)–C–C–N with tert-alkyl or cyclic N) is 1. The Labute approximate surface area is 149 Å². The summed E-state index contributed by atoms with van der Waals surface area (Å²) in [6, 6.07) is 7.88. The smallest absolute Gasteiger partial charge is 0.136 e. The standard InChI is InChI=1S/C19H26N4O2/c1-14-5-4-6-16(9-14)25-12-15(24)10-23-8-7-18-17(11-23)19(22(2)3)21-13-20-18/h4-6,9,13,15,24H,7-8,10-12H2,1-3H3/t15-/m1/s1. The first kappa shape index (κ1) is 17.6. The van der Waals surface area contributed by atoms with E-state index in [2.05, 4.69) is 14.9 Å². The first-order valence-corrected chi connectivity index (χ1v) is 8.63. The van der Waals surface area contributed by atoms with Crippen LogP contribution in [0.1, 0.15) is 16.8 Å². The fourth-order valence-corrected chi connectivity index (χ4v) is 3.17. The van der Waals surface area contributed by atoms with Gasteiger partial charge in [-0.3, -0.25) is 4.90 Å². The van der Waals surface area contributed by atoms with Crippen LogP contribution in [-0.4, -0.2) is 59.9 Å². The number of nitrogens with zero attached hydrogens (tertiary/aromatic N) is 4. The number of rotatable bonds is 6. The molecule has 1 aliphatic heterocycles. The third kappa shape index (κ3) is 4.46. The molecule has 0 fully saturated rings. The molecule has 25 heavy (non-hydrogen) atoms. The van der Waals surface area contributed by atoms with E-state index in [1.807, 2.05) is 50.2 Å². The van der Waals surface area contributed by atoms with Crippen molar-refractivity contribution in [3.63, 3.8) is 0 Å². The Kier molecular flexibility index (Phi) is 5.50. The predicted molar refractivity (Wildman–Crippen MR) is 98.0 cm³/mol. The number of hydrogen-bond acceptors (Lipinski definition) is 6. The summed E-state index contributed by atoms with van der Waals surface area (Å²) < 4.78 is 5.71. The first-order valence-electron chi connectivity index (χ1n) is 8.63. The van der Waals surface area contributed by atoms with Crippen LogP contribution in [0.4, 0.5) is 5.82 Å². The molecule has 1 aromatic carbocycles. The molecule has 0 unspecified atom stereocenters. The molecule has 0 saturated heterocycles. The summed E-state index contributed by atoms with van der Waals surface area (Å²) in [5, 5.41) is 10.4. The summed E-state index contributed by atoms with van der Waals surface area (Å²) in [5.41, 5.74) is 3.42. The maximum atomic E-state index is 10.4. The van der Waals surface area contributed by atoms with Crippen LogP contribution in [0.5, 0.6) is 5.75 Å². The molecule has 0 radical (unpaired) electrons. The van der Waals surface area contributed by atoms with Gasteiger partial charge in [0.2, 0.25) is 0 Å². The van der Waals surface area contributed by atoms with E-state index >= 15 is 0 Å². The van der Waals surface area contributed by atoms with Crippen LogP contribution >= 0.6 is 0 Å². The molecule has 6 heteroatoms. The lowest BCUT2D eigenvalue weighted by molar-refractivity contribution is 0.0635. The molecule has 0 amide bonds. The second kappa shape index (κ2) is 7.80. The summed E-state index contributed by atoms with van der Waals surface area (Å²) in [5.74, 6) is 1.76. The molecule has 0 aliphatic carbocycles. The van der Waals surface area contributed by atoms with Crippen LogP contribution in [0.15, 0.2) is 30.6 Å². The molecule has 0 bridgehead atoms. The highest BCUT2D eigenvalue weighted by Gasteiger charge is 2.23. The Morgan fingerprint density at radius 2 is 2.16 bits per heavy atom. The van der Waals surface area contributed by atoms with Crippen LogP contribution in [0.25, 0.3) is 0 Å². The Morgan fingerprint density at radius 3 is 2.92 bits per heavy atom. The molecule has 0 spiro atoms. The van der Waals surface area contributed by atoms with E-state index < -0.39 is 6.10 Å². The molecule has 1 aliphatic rings. The number of aromatic nitrogens is 2. The van der Waals surface area contributed by atoms with Gasteiger partial charge in [0, 0.05) is 45.7 Å². The quantitative estimate of drug-likeness (QED) is 0.861. The third-order valence-corrected chi connectivity index (χ3v) is 4.38. The molecule has 6 nitrogen and oxygen atoms in total. The maximum Gasteiger partial charge on any atom is 0.136 e. The number of hydrogen-bond donors (Lipinski definition) is 1. The fourth-order valence-electron chi connectivity index (χ4n) is 3.17. The van der Waals surface area contributed by atoms with Crippen molar-refractivity contribution >= 4 is 5.82 Å². The van der Waals surface area contributed by atoms with Gasteiger partial charge in [-0.2, -0.15) is 0 Å². The lowest BCUT2D eigenvalue weighted by Crippen LogP contribution is -2.39. The maximum absolute atomic E-state index is 10.4. The molecule has 1 atom stereocenters. The zero-order chi connectivity index (χ0) is 17.8. The van der Waals surface area contributed by atoms with E-state index in [1.165, 1.54) is 0 Å². The second-order valence-electron chi connectivity index (χ2n) is 6.78. The van der Waals surface area contributed by atoms with E-state index in [0.29, 0.717) is 13.2 Å². The normalized spacial score (nSPS) is 15.5. The molecule has 3 rings (SSSR count). The van der Waals surface area contributed by atoms with Crippen LogP contribution in [0, 0.1) is 6.92 Å². The van der Waals surface area contributed by atoms with Crippen LogP contribution < -0.4 is 9.64 Å². The van der Waals surface area contributed by atoms with E-state index in [-0.39, 0.29) is 0 Å². The van der Waals surface area contributed by atoms with Gasteiger partial charge in [0.05, 0.1) is 5.69 Å². The van der Waals surface area contributed by atoms with Gasteiger partial charge < -0.3 is 14.7 Å². The van der Waals surface area contributed by atoms with E-state index in [9.17, 15) is 5.11 Å². The summed E-state index contributed by atoms with van der Waals surface area (Å²) >= 11 is 0. The lowest BCUT2D eigenvalue weighted by atomic mass is 10.1. The van der Waals surface area contributed by atoms with Gasteiger partial charge in [0.15, 0.2) is 0 Å². The summed E-state index contributed by atoms with van der Waals surface area (Å²) in [6.07, 6.45) is 1.98. The Morgan fingerprint density at radius 1 is 1.32 bits per heavy atom. The van der Waals surface area contributed by atoms with Gasteiger partial charge in [-0.1, -0.05) is 12.1 Å². The van der Waals surface area contributed by atoms with Crippen molar-refractivity contribution < 1.29 is 9.84 Å². The van der Waals surface area contributed by atoms with Crippen molar-refractivity contribution in [2.24, 2.45) is 0 Å². The van der Waals surface area contributed by atoms with Gasteiger partial charge in [-0.25, -0.2) is 9.97 Å². The average molecular weight is 342 g/mol. The highest BCUT2D eigenvalue weighted by molar-refractivity contribution is 5.48. The number of aliphatic hydroxyl groups is 1. The topological polar surface area (TPSA) is 61.7 Å². The largest absolute Gasteiger partial charge is 0.491 e. The number of ether oxygens (including phenoxy) is 1. The molecule has 2 heterocycles. The monoisotopic (exact) mass is 342 g/mol. The van der Waals surface area contributed by atoms with E-state index in [0.717, 1.165) is 47.9 Å². The van der Waals surface area contributed by atoms with Gasteiger partial charge in [0.25, 0.3) is 0 Å². The Bertz CT molecular complexity index is 720. The molecule has 1 aromatic heterocycles. The summed E-state index contributed by atoms with van der Waals surface area (Å²) in [4.78, 5) is 13.1. The van der Waals surface area contributed by atoms with Crippen molar-refractivity contribution in [3.05, 3.63) is 47.4 Å². The highest BCUT2D eigenvalue weighted by Crippen LogP contribution is 2.24. The average Bonchev–Trinajstić information content (AvgIpc) is 2.59. The third-order valence-electron chi connectivity index (χ3n) is 4.38. The minimum Gasteiger partial charge on any atom is -0.491 e. The van der Waals surface area contributed by atoms with Crippen LogP contribution in [-0.2, 0) is 13.0 Å². The number of aliphatic hydroxyl groups excluding tert-OH is 1. The second-order valence-corrected chi connectivity index (χ2v) is 6.78. The van der Waals surface area contributed by atoms with Crippen molar-refractivity contribution in [1.82, 2.24) is 14.9 Å². The van der Waals surface area contributed by atoms with E-state index in [1.54, 1.807) is 6.33 Å². The van der Waals surface area contributed by atoms with Gasteiger partial charge in [-0.05, 0) is 24.6 Å². The zero-order valence-electron chi connectivity index (χ0n) is 15.1. The van der Waals surface area contributed by atoms with Crippen molar-refractivity contribution in [3.8, 4) is 5.75 Å². The zero-order valence-corrected chi connectivity index (χ0v) is 15.1. The number of anilines is 1. The Balaban J connectivity index is 1.57. The van der Waals surface area contributed by atoms with Crippen LogP contribution in [0.3, 0.4) is 0 Å². The fraction of sp³-hybridized carbons (Fsp3) is 0.474. The van der Waals surface area contributed by atoms with Crippen molar-refractivity contribution in [1.29, 1.82) is 0 Å². The number of aryl methyl sites for hydroxylation is 1. The SMILES string of the molecule is Cc1cccc(OC[C@H](O)CN2CCc3ncnc(N(C)C)c3C2)c1. The van der Waals surface area contributed by atoms with Crippen molar-refractivity contribution in [2.45, 2.75) is 26.0 Å². The minimum absolute atomic E-state index is 0.290.